The first-order valence-electron chi connectivity index (χ1n) is 7.77. The molecule has 0 saturated heterocycles. The Morgan fingerprint density at radius 1 is 1.25 bits per heavy atom. The van der Waals surface area contributed by atoms with Gasteiger partial charge in [-0.2, -0.15) is 5.21 Å². The normalized spacial score (nSPS) is 14.1. The maximum absolute atomic E-state index is 5.90. The molecular formula is C16H17N7O. The molecule has 1 atom stereocenters. The second-order valence-electron chi connectivity index (χ2n) is 5.75. The number of H-pyrrole nitrogens is 1. The summed E-state index contributed by atoms with van der Waals surface area (Å²) < 4.78 is 5.90. The highest BCUT2D eigenvalue weighted by Crippen LogP contribution is 2.31. The van der Waals surface area contributed by atoms with Crippen LogP contribution in [0.4, 0.5) is 5.82 Å². The molecule has 0 aliphatic carbocycles. The molecule has 0 spiro atoms. The Morgan fingerprint density at radius 2 is 2.12 bits per heavy atom. The molecule has 0 unspecified atom stereocenters. The monoisotopic (exact) mass is 323 g/mol. The molecule has 0 fully saturated rings. The lowest BCUT2D eigenvalue weighted by atomic mass is 10.0. The van der Waals surface area contributed by atoms with E-state index in [9.17, 15) is 0 Å². The molecule has 122 valence electrons. The van der Waals surface area contributed by atoms with Gasteiger partial charge in [-0.05, 0) is 25.5 Å². The quantitative estimate of drug-likeness (QED) is 0.759. The van der Waals surface area contributed by atoms with Gasteiger partial charge in [0.1, 0.15) is 24.0 Å². The molecule has 2 aromatic heterocycles. The number of para-hydroxylation sites is 1. The van der Waals surface area contributed by atoms with Crippen molar-refractivity contribution in [1.29, 1.82) is 0 Å². The van der Waals surface area contributed by atoms with E-state index < -0.39 is 0 Å². The van der Waals surface area contributed by atoms with Gasteiger partial charge in [-0.1, -0.05) is 23.4 Å². The van der Waals surface area contributed by atoms with Gasteiger partial charge in [0.15, 0.2) is 5.82 Å². The van der Waals surface area contributed by atoms with Crippen molar-refractivity contribution in [3.63, 3.8) is 0 Å². The van der Waals surface area contributed by atoms with Crippen LogP contribution in [-0.4, -0.2) is 30.6 Å². The first kappa shape index (κ1) is 14.6. The zero-order chi connectivity index (χ0) is 16.5. The van der Waals surface area contributed by atoms with Gasteiger partial charge in [-0.25, -0.2) is 9.97 Å². The number of aromatic nitrogens is 6. The van der Waals surface area contributed by atoms with E-state index >= 15 is 0 Å². The van der Waals surface area contributed by atoms with Crippen molar-refractivity contribution in [2.24, 2.45) is 0 Å². The summed E-state index contributed by atoms with van der Waals surface area (Å²) in [7, 11) is 0. The minimum Gasteiger partial charge on any atom is -0.487 e. The number of aryl methyl sites for hydroxylation is 1. The van der Waals surface area contributed by atoms with Crippen molar-refractivity contribution < 1.29 is 4.74 Å². The second-order valence-corrected chi connectivity index (χ2v) is 5.75. The van der Waals surface area contributed by atoms with Crippen LogP contribution in [0, 0.1) is 6.92 Å². The third-order valence-corrected chi connectivity index (χ3v) is 4.01. The first-order valence-corrected chi connectivity index (χ1v) is 7.77. The summed E-state index contributed by atoms with van der Waals surface area (Å²) in [6.45, 7) is 4.28. The summed E-state index contributed by atoms with van der Waals surface area (Å²) in [4.78, 5) is 9.15. The predicted molar refractivity (Wildman–Crippen MR) is 86.6 cm³/mol. The van der Waals surface area contributed by atoms with Gasteiger partial charge in [-0.3, -0.25) is 0 Å². The van der Waals surface area contributed by atoms with E-state index in [1.807, 2.05) is 32.0 Å². The lowest BCUT2D eigenvalue weighted by molar-refractivity contribution is 0.302. The van der Waals surface area contributed by atoms with Crippen LogP contribution < -0.4 is 10.1 Å². The highest BCUT2D eigenvalue weighted by atomic mass is 16.5. The highest BCUT2D eigenvalue weighted by molar-refractivity contribution is 5.52. The molecule has 8 nitrogen and oxygen atoms in total. The van der Waals surface area contributed by atoms with Crippen LogP contribution in [0.1, 0.15) is 41.4 Å². The number of benzene rings is 1. The fourth-order valence-corrected chi connectivity index (χ4v) is 2.83. The third kappa shape index (κ3) is 2.66. The standard InChI is InChI=1S/C16H17N7O/c1-9(15-20-22-23-21-15)17-16-12-7-11-5-3-4-6-14(11)24-8-13(12)18-10(2)19-16/h3-6,9H,7-8H2,1-2H3,(H,17,18,19)(H,20,21,22,23)/t9-/m0/s1. The van der Waals surface area contributed by atoms with Crippen LogP contribution in [-0.2, 0) is 13.0 Å². The van der Waals surface area contributed by atoms with E-state index in [-0.39, 0.29) is 6.04 Å². The number of hydrogen-bond acceptors (Lipinski definition) is 7. The smallest absolute Gasteiger partial charge is 0.196 e. The van der Waals surface area contributed by atoms with Crippen LogP contribution in [0.25, 0.3) is 0 Å². The molecule has 0 saturated carbocycles. The maximum atomic E-state index is 5.90. The van der Waals surface area contributed by atoms with Gasteiger partial charge in [0.05, 0.1) is 11.7 Å². The Hall–Kier alpha value is -3.03. The van der Waals surface area contributed by atoms with Gasteiger partial charge in [0.2, 0.25) is 0 Å². The molecule has 3 aromatic rings. The summed E-state index contributed by atoms with van der Waals surface area (Å²) in [5, 5.41) is 17.5. The molecule has 1 aliphatic heterocycles. The van der Waals surface area contributed by atoms with Gasteiger partial charge in [0.25, 0.3) is 0 Å². The van der Waals surface area contributed by atoms with E-state index in [1.165, 1.54) is 0 Å². The zero-order valence-corrected chi connectivity index (χ0v) is 13.4. The molecule has 1 aliphatic rings. The van der Waals surface area contributed by atoms with E-state index in [4.69, 9.17) is 4.74 Å². The number of hydrogen-bond donors (Lipinski definition) is 2. The van der Waals surface area contributed by atoms with Gasteiger partial charge >= 0.3 is 0 Å². The largest absolute Gasteiger partial charge is 0.487 e. The fourth-order valence-electron chi connectivity index (χ4n) is 2.83. The minimum atomic E-state index is -0.124. The van der Waals surface area contributed by atoms with E-state index in [2.05, 4.69) is 42.0 Å². The number of fused-ring (bicyclic) bond motifs is 2. The fraction of sp³-hybridized carbons (Fsp3) is 0.312. The highest BCUT2D eigenvalue weighted by Gasteiger charge is 2.21. The minimum absolute atomic E-state index is 0.124. The second kappa shape index (κ2) is 5.88. The van der Waals surface area contributed by atoms with E-state index in [0.717, 1.165) is 28.4 Å². The molecule has 0 amide bonds. The van der Waals surface area contributed by atoms with Crippen LogP contribution >= 0.6 is 0 Å². The lowest BCUT2D eigenvalue weighted by Gasteiger charge is -2.16. The van der Waals surface area contributed by atoms with Crippen LogP contribution in [0.2, 0.25) is 0 Å². The molecule has 2 N–H and O–H groups in total. The number of tetrazole rings is 1. The molecule has 0 radical (unpaired) electrons. The zero-order valence-electron chi connectivity index (χ0n) is 13.4. The Morgan fingerprint density at radius 3 is 2.96 bits per heavy atom. The average molecular weight is 323 g/mol. The molecule has 3 heterocycles. The molecular weight excluding hydrogens is 306 g/mol. The molecule has 24 heavy (non-hydrogen) atoms. The van der Waals surface area contributed by atoms with Crippen LogP contribution in [0.5, 0.6) is 5.75 Å². The van der Waals surface area contributed by atoms with Gasteiger partial charge in [0, 0.05) is 12.0 Å². The molecule has 8 heteroatoms. The van der Waals surface area contributed by atoms with Crippen molar-refractivity contribution in [3.05, 3.63) is 52.7 Å². The topological polar surface area (TPSA) is 102 Å². The van der Waals surface area contributed by atoms with Crippen molar-refractivity contribution in [2.75, 3.05) is 5.32 Å². The molecule has 0 bridgehead atoms. The summed E-state index contributed by atoms with van der Waals surface area (Å²) in [5.41, 5.74) is 3.07. The number of nitrogens with one attached hydrogen (secondary N) is 2. The first-order chi connectivity index (χ1) is 11.7. The predicted octanol–water partition coefficient (Wildman–Crippen LogP) is 1.95. The number of anilines is 1. The Bertz CT molecular complexity index is 863. The number of ether oxygens (including phenoxy) is 1. The molecule has 4 rings (SSSR count). The van der Waals surface area contributed by atoms with E-state index in [1.54, 1.807) is 0 Å². The third-order valence-electron chi connectivity index (χ3n) is 4.01. The Labute approximate surface area is 138 Å². The number of rotatable bonds is 3. The SMILES string of the molecule is Cc1nc2c(c(N[C@@H](C)c3nn[nH]n3)n1)Cc1ccccc1OC2. The van der Waals surface area contributed by atoms with Crippen LogP contribution in [0.15, 0.2) is 24.3 Å². The van der Waals surface area contributed by atoms with E-state index in [0.29, 0.717) is 24.7 Å². The summed E-state index contributed by atoms with van der Waals surface area (Å²) in [5.74, 6) is 2.97. The number of aromatic amines is 1. The van der Waals surface area contributed by atoms with Gasteiger partial charge in [-0.15, -0.1) is 10.2 Å². The summed E-state index contributed by atoms with van der Waals surface area (Å²) >= 11 is 0. The summed E-state index contributed by atoms with van der Waals surface area (Å²) in [6.07, 6.45) is 0.715. The Balaban J connectivity index is 1.72. The maximum Gasteiger partial charge on any atom is 0.196 e. The Kier molecular flexibility index (Phi) is 3.56. The van der Waals surface area contributed by atoms with Crippen molar-refractivity contribution in [1.82, 2.24) is 30.6 Å². The van der Waals surface area contributed by atoms with Crippen molar-refractivity contribution >= 4 is 5.82 Å². The van der Waals surface area contributed by atoms with Crippen LogP contribution in [0.3, 0.4) is 0 Å². The summed E-state index contributed by atoms with van der Waals surface area (Å²) in [6, 6.07) is 7.91. The average Bonchev–Trinajstić information content (AvgIpc) is 3.04. The van der Waals surface area contributed by atoms with Crippen molar-refractivity contribution in [2.45, 2.75) is 32.9 Å². The lowest BCUT2D eigenvalue weighted by Crippen LogP contribution is -2.15. The van der Waals surface area contributed by atoms with Gasteiger partial charge < -0.3 is 10.1 Å². The number of nitrogens with zero attached hydrogens (tertiary/aromatic N) is 5. The van der Waals surface area contributed by atoms with Crippen molar-refractivity contribution in [3.8, 4) is 5.75 Å². The molecule has 1 aromatic carbocycles.